The van der Waals surface area contributed by atoms with Crippen molar-refractivity contribution in [3.8, 4) is 11.3 Å². The van der Waals surface area contributed by atoms with E-state index in [4.69, 9.17) is 16.3 Å². The lowest BCUT2D eigenvalue weighted by Crippen LogP contribution is -2.51. The molecule has 0 unspecified atom stereocenters. The first kappa shape index (κ1) is 23.9. The molecule has 10 heteroatoms. The Kier molecular flexibility index (Phi) is 6.35. The molecule has 1 aliphatic rings. The maximum absolute atomic E-state index is 12.2. The second-order valence-electron chi connectivity index (χ2n) is 9.44. The van der Waals surface area contributed by atoms with Crippen LogP contribution in [0.25, 0.3) is 21.5 Å². The van der Waals surface area contributed by atoms with Crippen molar-refractivity contribution in [1.82, 2.24) is 24.8 Å². The van der Waals surface area contributed by atoms with Crippen molar-refractivity contribution in [2.24, 2.45) is 0 Å². The van der Waals surface area contributed by atoms with E-state index in [9.17, 15) is 9.59 Å². The largest absolute Gasteiger partial charge is 0.369 e. The van der Waals surface area contributed by atoms with Gasteiger partial charge in [0.05, 0.1) is 34.2 Å². The van der Waals surface area contributed by atoms with Crippen LogP contribution >= 0.6 is 22.9 Å². The third kappa shape index (κ3) is 4.95. The van der Waals surface area contributed by atoms with E-state index in [-0.39, 0.29) is 23.8 Å². The summed E-state index contributed by atoms with van der Waals surface area (Å²) in [6.45, 7) is 7.98. The van der Waals surface area contributed by atoms with Crippen molar-refractivity contribution in [3.05, 3.63) is 78.7 Å². The Labute approximate surface area is 211 Å². The summed E-state index contributed by atoms with van der Waals surface area (Å²) in [5, 5.41) is 4.10. The number of nitrogens with zero attached hydrogens (tertiary/aromatic N) is 3. The standard InChI is InChI=1S/C25H26ClN5O3S/c1-14-6-15(26)7-19(18(14)8-16-10-27-12-25(2,3)34-16)22-23-20(29-13-30-22)9-17(35-23)11-31-21(32)4-5-28-24(31)33/h4-7,9,13,16,27H,8,10-12H2,1-3H3,(H,28,33)/t16-/m1/s1. The summed E-state index contributed by atoms with van der Waals surface area (Å²) >= 11 is 7.97. The number of H-pyrrole nitrogens is 1. The molecule has 5 rings (SSSR count). The Bertz CT molecular complexity index is 1500. The molecule has 0 saturated carbocycles. The highest BCUT2D eigenvalue weighted by Gasteiger charge is 2.29. The summed E-state index contributed by atoms with van der Waals surface area (Å²) in [5.74, 6) is 0. The molecule has 0 amide bonds. The number of ether oxygens (including phenoxy) is 1. The summed E-state index contributed by atoms with van der Waals surface area (Å²) in [7, 11) is 0. The van der Waals surface area contributed by atoms with E-state index in [1.807, 2.05) is 18.2 Å². The molecular weight excluding hydrogens is 486 g/mol. The van der Waals surface area contributed by atoms with E-state index in [0.29, 0.717) is 11.4 Å². The highest BCUT2D eigenvalue weighted by molar-refractivity contribution is 7.19. The van der Waals surface area contributed by atoms with Gasteiger partial charge in [-0.2, -0.15) is 0 Å². The van der Waals surface area contributed by atoms with E-state index in [1.54, 1.807) is 0 Å². The molecule has 4 aromatic rings. The first-order valence-electron chi connectivity index (χ1n) is 11.4. The second-order valence-corrected chi connectivity index (χ2v) is 11.0. The minimum absolute atomic E-state index is 0.0188. The number of rotatable bonds is 5. The number of hydrogen-bond donors (Lipinski definition) is 2. The topological polar surface area (TPSA) is 102 Å². The zero-order valence-corrected chi connectivity index (χ0v) is 21.3. The number of thiophene rings is 1. The average Bonchev–Trinajstić information content (AvgIpc) is 3.20. The third-order valence-electron chi connectivity index (χ3n) is 6.15. The Hall–Kier alpha value is -2.85. The third-order valence-corrected chi connectivity index (χ3v) is 7.49. The number of aromatic amines is 1. The molecule has 3 aromatic heterocycles. The molecule has 2 N–H and O–H groups in total. The van der Waals surface area contributed by atoms with E-state index >= 15 is 0 Å². The summed E-state index contributed by atoms with van der Waals surface area (Å²) in [4.78, 5) is 36.8. The Morgan fingerprint density at radius 2 is 2.09 bits per heavy atom. The van der Waals surface area contributed by atoms with Crippen molar-refractivity contribution in [1.29, 1.82) is 0 Å². The van der Waals surface area contributed by atoms with Crippen LogP contribution in [0.1, 0.15) is 29.9 Å². The average molecular weight is 512 g/mol. The highest BCUT2D eigenvalue weighted by atomic mass is 35.5. The molecule has 0 aliphatic carbocycles. The van der Waals surface area contributed by atoms with Crippen molar-refractivity contribution < 1.29 is 4.74 Å². The fraction of sp³-hybridized carbons (Fsp3) is 0.360. The quantitative estimate of drug-likeness (QED) is 0.425. The lowest BCUT2D eigenvalue weighted by atomic mass is 9.93. The van der Waals surface area contributed by atoms with Gasteiger partial charge in [0.25, 0.3) is 5.56 Å². The Morgan fingerprint density at radius 3 is 2.86 bits per heavy atom. The number of hydrogen-bond acceptors (Lipinski definition) is 7. The van der Waals surface area contributed by atoms with Gasteiger partial charge in [-0.15, -0.1) is 11.3 Å². The number of nitrogens with one attached hydrogen (secondary N) is 2. The maximum Gasteiger partial charge on any atom is 0.328 e. The monoisotopic (exact) mass is 511 g/mol. The number of morpholine rings is 1. The van der Waals surface area contributed by atoms with E-state index in [0.717, 1.165) is 50.6 Å². The first-order chi connectivity index (χ1) is 16.7. The van der Waals surface area contributed by atoms with Gasteiger partial charge in [-0.05, 0) is 50.1 Å². The molecule has 182 valence electrons. The second kappa shape index (κ2) is 9.31. The Balaban J connectivity index is 1.57. The number of halogens is 1. The van der Waals surface area contributed by atoms with Crippen LogP contribution in [-0.2, 0) is 17.7 Å². The summed E-state index contributed by atoms with van der Waals surface area (Å²) in [5.41, 5.74) is 3.65. The molecule has 1 aromatic carbocycles. The zero-order valence-electron chi connectivity index (χ0n) is 19.7. The molecule has 0 radical (unpaired) electrons. The molecule has 0 spiro atoms. The summed E-state index contributed by atoms with van der Waals surface area (Å²) < 4.78 is 8.40. The fourth-order valence-electron chi connectivity index (χ4n) is 4.60. The maximum atomic E-state index is 12.2. The van der Waals surface area contributed by atoms with Gasteiger partial charge < -0.3 is 15.0 Å². The van der Waals surface area contributed by atoms with Crippen LogP contribution in [0.15, 0.2) is 46.4 Å². The van der Waals surface area contributed by atoms with Crippen LogP contribution < -0.4 is 16.6 Å². The zero-order chi connectivity index (χ0) is 24.7. The fourth-order valence-corrected chi connectivity index (χ4v) is 5.97. The van der Waals surface area contributed by atoms with Gasteiger partial charge in [0.1, 0.15) is 6.33 Å². The van der Waals surface area contributed by atoms with Crippen LogP contribution in [0, 0.1) is 6.92 Å². The molecule has 1 atom stereocenters. The first-order valence-corrected chi connectivity index (χ1v) is 12.6. The van der Waals surface area contributed by atoms with Crippen LogP contribution in [0.3, 0.4) is 0 Å². The van der Waals surface area contributed by atoms with Crippen LogP contribution in [-0.4, -0.2) is 44.3 Å². The van der Waals surface area contributed by atoms with Gasteiger partial charge in [0, 0.05) is 47.2 Å². The van der Waals surface area contributed by atoms with Gasteiger partial charge >= 0.3 is 5.69 Å². The summed E-state index contributed by atoms with van der Waals surface area (Å²) in [6.07, 6.45) is 3.63. The van der Waals surface area contributed by atoms with Gasteiger partial charge in [0.2, 0.25) is 0 Å². The Morgan fingerprint density at radius 1 is 1.26 bits per heavy atom. The van der Waals surface area contributed by atoms with E-state index < -0.39 is 5.69 Å². The van der Waals surface area contributed by atoms with Gasteiger partial charge in [-0.25, -0.2) is 14.8 Å². The molecule has 1 aliphatic heterocycles. The van der Waals surface area contributed by atoms with E-state index in [1.165, 1.54) is 34.5 Å². The molecule has 0 bridgehead atoms. The van der Waals surface area contributed by atoms with Gasteiger partial charge in [-0.1, -0.05) is 11.6 Å². The molecule has 4 heterocycles. The van der Waals surface area contributed by atoms with Crippen molar-refractivity contribution in [2.75, 3.05) is 13.1 Å². The lowest BCUT2D eigenvalue weighted by molar-refractivity contribution is -0.0928. The minimum atomic E-state index is -0.446. The molecule has 1 fully saturated rings. The predicted octanol–water partition coefficient (Wildman–Crippen LogP) is 3.53. The van der Waals surface area contributed by atoms with Gasteiger partial charge in [0.15, 0.2) is 0 Å². The van der Waals surface area contributed by atoms with Crippen LogP contribution in [0.4, 0.5) is 0 Å². The predicted molar refractivity (Wildman–Crippen MR) is 139 cm³/mol. The van der Waals surface area contributed by atoms with Crippen molar-refractivity contribution in [3.63, 3.8) is 0 Å². The molecule has 1 saturated heterocycles. The number of fused-ring (bicyclic) bond motifs is 1. The SMILES string of the molecule is Cc1cc(Cl)cc(-c2ncnc3cc(Cn4c(=O)cc[nH]c4=O)sc23)c1C[C@@H]1CNCC(C)(C)O1. The normalized spacial score (nSPS) is 17.7. The minimum Gasteiger partial charge on any atom is -0.369 e. The summed E-state index contributed by atoms with van der Waals surface area (Å²) in [6, 6.07) is 7.15. The highest BCUT2D eigenvalue weighted by Crippen LogP contribution is 2.37. The number of benzene rings is 1. The lowest BCUT2D eigenvalue weighted by Gasteiger charge is -2.37. The smallest absolute Gasteiger partial charge is 0.328 e. The van der Waals surface area contributed by atoms with Crippen molar-refractivity contribution in [2.45, 2.75) is 45.4 Å². The van der Waals surface area contributed by atoms with Crippen LogP contribution in [0.5, 0.6) is 0 Å². The molecule has 35 heavy (non-hydrogen) atoms. The van der Waals surface area contributed by atoms with Crippen molar-refractivity contribution >= 4 is 33.2 Å². The van der Waals surface area contributed by atoms with Gasteiger partial charge in [-0.3, -0.25) is 9.36 Å². The number of aromatic nitrogens is 4. The number of aryl methyl sites for hydroxylation is 1. The molecule has 8 nitrogen and oxygen atoms in total. The van der Waals surface area contributed by atoms with Crippen LogP contribution in [0.2, 0.25) is 5.02 Å². The van der Waals surface area contributed by atoms with E-state index in [2.05, 4.69) is 41.0 Å². The molecular formula is C25H26ClN5O3S.